The first kappa shape index (κ1) is 15.9. The molecule has 0 radical (unpaired) electrons. The second-order valence-corrected chi connectivity index (χ2v) is 6.41. The first-order valence-corrected chi connectivity index (χ1v) is 8.29. The van der Waals surface area contributed by atoms with Crippen molar-refractivity contribution in [3.05, 3.63) is 48.7 Å². The number of hydrogen-bond acceptors (Lipinski definition) is 6. The van der Waals surface area contributed by atoms with Crippen LogP contribution in [0.4, 0.5) is 0 Å². The lowest BCUT2D eigenvalue weighted by Crippen LogP contribution is -2.35. The lowest BCUT2D eigenvalue weighted by atomic mass is 10.0. The number of rotatable bonds is 2. The van der Waals surface area contributed by atoms with Crippen molar-refractivity contribution in [3.63, 3.8) is 0 Å². The number of carbonyl (C=O) groups is 1. The quantitative estimate of drug-likeness (QED) is 0.693. The lowest BCUT2D eigenvalue weighted by molar-refractivity contribution is -0.119. The van der Waals surface area contributed by atoms with E-state index in [1.165, 1.54) is 4.68 Å². The first-order chi connectivity index (χ1) is 12.1. The van der Waals surface area contributed by atoms with Gasteiger partial charge in [-0.3, -0.25) is 4.79 Å². The zero-order chi connectivity index (χ0) is 17.6. The van der Waals surface area contributed by atoms with Gasteiger partial charge in [-0.15, -0.1) is 17.7 Å². The molecule has 1 aromatic heterocycles. The van der Waals surface area contributed by atoms with E-state index in [1.54, 1.807) is 18.1 Å². The van der Waals surface area contributed by atoms with Crippen LogP contribution in [0.25, 0.3) is 27.7 Å². The molecule has 2 heterocycles. The average molecular weight is 352 g/mol. The van der Waals surface area contributed by atoms with Gasteiger partial charge in [-0.05, 0) is 10.8 Å². The van der Waals surface area contributed by atoms with Crippen molar-refractivity contribution in [2.75, 3.05) is 7.05 Å². The van der Waals surface area contributed by atoms with Gasteiger partial charge in [0, 0.05) is 18.8 Å². The molecule has 25 heavy (non-hydrogen) atoms. The van der Waals surface area contributed by atoms with Crippen LogP contribution in [0, 0.1) is 0 Å². The highest BCUT2D eigenvalue weighted by Gasteiger charge is 2.28. The summed E-state index contributed by atoms with van der Waals surface area (Å²) in [4.78, 5) is 14.0. The van der Waals surface area contributed by atoms with E-state index >= 15 is 0 Å². The van der Waals surface area contributed by atoms with E-state index in [2.05, 4.69) is 22.9 Å². The minimum atomic E-state index is -0.823. The van der Waals surface area contributed by atoms with E-state index in [0.717, 1.165) is 16.3 Å². The first-order valence-electron chi connectivity index (χ1n) is 7.84. The van der Waals surface area contributed by atoms with Crippen LogP contribution in [0.15, 0.2) is 53.7 Å². The number of thiol groups is 1. The van der Waals surface area contributed by atoms with Crippen LogP contribution in [0.3, 0.4) is 0 Å². The van der Waals surface area contributed by atoms with Gasteiger partial charge in [-0.2, -0.15) is 0 Å². The lowest BCUT2D eigenvalue weighted by Gasteiger charge is -2.27. The molecule has 0 bridgehead atoms. The van der Waals surface area contributed by atoms with Crippen molar-refractivity contribution in [1.29, 1.82) is 0 Å². The van der Waals surface area contributed by atoms with Crippen molar-refractivity contribution >= 4 is 34.9 Å². The molecule has 1 aliphatic rings. The molecule has 0 saturated heterocycles. The van der Waals surface area contributed by atoms with Crippen LogP contribution < -0.4 is 0 Å². The summed E-state index contributed by atoms with van der Waals surface area (Å²) in [6.45, 7) is 0. The zero-order valence-electron chi connectivity index (χ0n) is 13.5. The van der Waals surface area contributed by atoms with E-state index in [1.807, 2.05) is 42.5 Å². The summed E-state index contributed by atoms with van der Waals surface area (Å²) in [7, 11) is 1.72. The summed E-state index contributed by atoms with van der Waals surface area (Å²) in [5.74, 6) is -0.190. The molecular formula is C18H16N4O2S. The Bertz CT molecular complexity index is 1010. The molecule has 0 fully saturated rings. The second-order valence-electron chi connectivity index (χ2n) is 5.99. The number of benzene rings is 2. The van der Waals surface area contributed by atoms with Gasteiger partial charge in [-0.25, -0.2) is 4.68 Å². The molecule has 1 N–H and O–H groups in total. The van der Waals surface area contributed by atoms with Gasteiger partial charge >= 0.3 is 0 Å². The molecule has 0 aliphatic carbocycles. The number of hydrogen-bond donors (Lipinski definition) is 2. The Balaban J connectivity index is 1.95. The standard InChI is InChI=1S/C18H16N4O2S/c1-21-10-14(15(23)9-16(21)24)22-17(18(25)19-20-22)13-8-4-6-11-5-2-3-7-12(11)13/h2-8,10,16,24-25H,9H2,1H3. The Labute approximate surface area is 149 Å². The van der Waals surface area contributed by atoms with Gasteiger partial charge < -0.3 is 10.0 Å². The molecule has 0 saturated carbocycles. The third-order valence-corrected chi connectivity index (χ3v) is 4.68. The number of fused-ring (bicyclic) bond motifs is 1. The molecule has 1 aliphatic heterocycles. The highest BCUT2D eigenvalue weighted by Crippen LogP contribution is 2.34. The normalized spacial score (nSPS) is 17.9. The van der Waals surface area contributed by atoms with Crippen LogP contribution >= 0.6 is 12.6 Å². The fourth-order valence-electron chi connectivity index (χ4n) is 3.05. The van der Waals surface area contributed by atoms with Crippen LogP contribution in [0.2, 0.25) is 0 Å². The Hall–Kier alpha value is -2.64. The monoisotopic (exact) mass is 352 g/mol. The van der Waals surface area contributed by atoms with Gasteiger partial charge in [0.15, 0.2) is 5.78 Å². The number of nitrogens with zero attached hydrogens (tertiary/aromatic N) is 4. The number of carbonyl (C=O) groups excluding carboxylic acids is 1. The van der Waals surface area contributed by atoms with Crippen molar-refractivity contribution < 1.29 is 9.90 Å². The van der Waals surface area contributed by atoms with Crippen LogP contribution in [-0.2, 0) is 4.79 Å². The summed E-state index contributed by atoms with van der Waals surface area (Å²) in [5.41, 5.74) is 1.92. The molecule has 1 atom stereocenters. The topological polar surface area (TPSA) is 71.2 Å². The Morgan fingerprint density at radius 2 is 1.96 bits per heavy atom. The third kappa shape index (κ3) is 2.61. The summed E-state index contributed by atoms with van der Waals surface area (Å²) in [6.07, 6.45) is 0.780. The zero-order valence-corrected chi connectivity index (χ0v) is 14.4. The highest BCUT2D eigenvalue weighted by atomic mass is 32.1. The maximum absolute atomic E-state index is 12.4. The number of allylic oxidation sites excluding steroid dienone is 1. The van der Waals surface area contributed by atoms with Gasteiger partial charge in [0.2, 0.25) is 0 Å². The van der Waals surface area contributed by atoms with E-state index in [0.29, 0.717) is 16.4 Å². The van der Waals surface area contributed by atoms with Crippen molar-refractivity contribution in [2.24, 2.45) is 0 Å². The summed E-state index contributed by atoms with van der Waals surface area (Å²) in [5, 5.41) is 20.6. The fraction of sp³-hybridized carbons (Fsp3) is 0.167. The number of aromatic nitrogens is 3. The van der Waals surface area contributed by atoms with Crippen molar-refractivity contribution in [1.82, 2.24) is 19.9 Å². The maximum Gasteiger partial charge on any atom is 0.187 e. The molecule has 1 unspecified atom stereocenters. The smallest absolute Gasteiger partial charge is 0.187 e. The molecule has 4 rings (SSSR count). The molecule has 0 spiro atoms. The molecule has 7 heteroatoms. The predicted molar refractivity (Wildman–Crippen MR) is 97.9 cm³/mol. The predicted octanol–water partition coefficient (Wildman–Crippen LogP) is 2.41. The number of aliphatic hydroxyl groups excluding tert-OH is 1. The highest BCUT2D eigenvalue weighted by molar-refractivity contribution is 7.80. The molecule has 3 aromatic rings. The van der Waals surface area contributed by atoms with Crippen LogP contribution in [0.5, 0.6) is 0 Å². The molecule has 0 amide bonds. The number of Topliss-reactive ketones (excluding diaryl/α,β-unsaturated/α-hetero) is 1. The van der Waals surface area contributed by atoms with E-state index in [4.69, 9.17) is 0 Å². The van der Waals surface area contributed by atoms with Gasteiger partial charge in [0.25, 0.3) is 0 Å². The second kappa shape index (κ2) is 6.02. The number of aliphatic hydroxyl groups is 1. The van der Waals surface area contributed by atoms with Gasteiger partial charge in [-0.1, -0.05) is 47.7 Å². The maximum atomic E-state index is 12.4. The summed E-state index contributed by atoms with van der Waals surface area (Å²) in [6, 6.07) is 13.9. The molecule has 126 valence electrons. The Kier molecular flexibility index (Phi) is 3.82. The fourth-order valence-corrected chi connectivity index (χ4v) is 3.30. The largest absolute Gasteiger partial charge is 0.373 e. The van der Waals surface area contributed by atoms with Crippen molar-refractivity contribution in [2.45, 2.75) is 17.7 Å². The van der Waals surface area contributed by atoms with Gasteiger partial charge in [0.05, 0.1) is 6.42 Å². The molecule has 2 aromatic carbocycles. The van der Waals surface area contributed by atoms with E-state index in [9.17, 15) is 9.90 Å². The average Bonchev–Trinajstić information content (AvgIpc) is 2.99. The SMILES string of the molecule is CN1C=C(n2nnc(S)c2-c2cccc3ccccc23)C(=O)CC1O. The summed E-state index contributed by atoms with van der Waals surface area (Å²) >= 11 is 4.45. The Morgan fingerprint density at radius 3 is 2.80 bits per heavy atom. The molecular weight excluding hydrogens is 336 g/mol. The minimum Gasteiger partial charge on any atom is -0.373 e. The van der Waals surface area contributed by atoms with Crippen LogP contribution in [-0.4, -0.2) is 44.1 Å². The van der Waals surface area contributed by atoms with Crippen molar-refractivity contribution in [3.8, 4) is 11.3 Å². The van der Waals surface area contributed by atoms with Gasteiger partial charge in [0.1, 0.15) is 22.6 Å². The molecule has 6 nitrogen and oxygen atoms in total. The van der Waals surface area contributed by atoms with E-state index < -0.39 is 6.23 Å². The minimum absolute atomic E-state index is 0.0130. The van der Waals surface area contributed by atoms with E-state index in [-0.39, 0.29) is 12.2 Å². The third-order valence-electron chi connectivity index (χ3n) is 4.38. The summed E-state index contributed by atoms with van der Waals surface area (Å²) < 4.78 is 1.51. The Morgan fingerprint density at radius 1 is 1.20 bits per heavy atom. The van der Waals surface area contributed by atoms with Crippen LogP contribution in [0.1, 0.15) is 6.42 Å². The number of ketones is 1.